The van der Waals surface area contributed by atoms with Crippen LogP contribution in [0.15, 0.2) is 26.1 Å². The summed E-state index contributed by atoms with van der Waals surface area (Å²) in [7, 11) is 1.41. The van der Waals surface area contributed by atoms with E-state index in [2.05, 4.69) is 0 Å². The third-order valence-corrected chi connectivity index (χ3v) is 5.99. The molecule has 1 fully saturated rings. The van der Waals surface area contributed by atoms with E-state index < -0.39 is 22.1 Å². The zero-order chi connectivity index (χ0) is 16.8. The smallest absolute Gasteiger partial charge is 0.342 e. The van der Waals surface area contributed by atoms with Gasteiger partial charge in [-0.15, -0.1) is 0 Å². The van der Waals surface area contributed by atoms with Crippen LogP contribution in [0.5, 0.6) is 0 Å². The molecule has 0 unspecified atom stereocenters. The Bertz CT molecular complexity index is 765. The molecule has 1 saturated carbocycles. The van der Waals surface area contributed by atoms with Gasteiger partial charge < -0.3 is 9.15 Å². The fourth-order valence-corrected chi connectivity index (χ4v) is 4.96. The summed E-state index contributed by atoms with van der Waals surface area (Å²) in [4.78, 5) is 36.5. The van der Waals surface area contributed by atoms with E-state index in [4.69, 9.17) is 9.15 Å². The van der Waals surface area contributed by atoms with Crippen LogP contribution in [0.4, 0.5) is 0 Å². The van der Waals surface area contributed by atoms with Gasteiger partial charge in [0, 0.05) is 17.0 Å². The van der Waals surface area contributed by atoms with Gasteiger partial charge in [-0.3, -0.25) is 4.79 Å². The Kier molecular flexibility index (Phi) is 3.69. The van der Waals surface area contributed by atoms with Gasteiger partial charge in [0.25, 0.3) is 0 Å². The Morgan fingerprint density at radius 1 is 1.26 bits per heavy atom. The van der Waals surface area contributed by atoms with Crippen molar-refractivity contribution in [3.05, 3.63) is 44.1 Å². The average molecular weight is 318 g/mol. The lowest BCUT2D eigenvalue weighted by atomic mass is 9.50. The standard InChI is InChI=1S/C18H22O5/c1-17-9-4-10-18(2,16(21)22-3)12(17)7-5-11-6-8-13(19)23-15(20)14(11)17/h6,8,12H,4-5,7,9-10H2,1-3H3/t12-,17+,18+/m1/s1. The van der Waals surface area contributed by atoms with Crippen molar-refractivity contribution < 1.29 is 13.9 Å². The number of fused-ring (bicyclic) bond motifs is 3. The molecule has 124 valence electrons. The van der Waals surface area contributed by atoms with Gasteiger partial charge in [-0.2, -0.15) is 0 Å². The number of hydrogen-bond acceptors (Lipinski definition) is 5. The second kappa shape index (κ2) is 5.32. The Morgan fingerprint density at radius 3 is 2.70 bits per heavy atom. The second-order valence-corrected chi connectivity index (χ2v) is 7.21. The lowest BCUT2D eigenvalue weighted by molar-refractivity contribution is -0.161. The molecule has 5 nitrogen and oxygen atoms in total. The molecule has 0 saturated heterocycles. The fraction of sp³-hybridized carbons (Fsp3) is 0.611. The molecule has 0 aliphatic heterocycles. The van der Waals surface area contributed by atoms with Crippen LogP contribution >= 0.6 is 0 Å². The van der Waals surface area contributed by atoms with E-state index in [1.165, 1.54) is 13.2 Å². The molecule has 23 heavy (non-hydrogen) atoms. The molecule has 0 radical (unpaired) electrons. The first-order valence-electron chi connectivity index (χ1n) is 8.09. The molecular formula is C18H22O5. The molecular weight excluding hydrogens is 296 g/mol. The molecule has 1 heterocycles. The number of rotatable bonds is 1. The van der Waals surface area contributed by atoms with Gasteiger partial charge in [-0.05, 0) is 44.1 Å². The Hall–Kier alpha value is -1.91. The third-order valence-electron chi connectivity index (χ3n) is 5.99. The number of esters is 1. The first-order chi connectivity index (χ1) is 10.8. The minimum atomic E-state index is -0.629. The van der Waals surface area contributed by atoms with Crippen molar-refractivity contribution in [2.45, 2.75) is 51.4 Å². The highest BCUT2D eigenvalue weighted by Gasteiger charge is 2.56. The molecule has 3 atom stereocenters. The van der Waals surface area contributed by atoms with E-state index in [-0.39, 0.29) is 11.9 Å². The molecule has 5 heteroatoms. The number of carbonyl (C=O) groups excluding carboxylic acids is 1. The summed E-state index contributed by atoms with van der Waals surface area (Å²) in [5, 5.41) is 0. The molecule has 1 aromatic rings. The lowest BCUT2D eigenvalue weighted by Gasteiger charge is -2.52. The minimum absolute atomic E-state index is 0.00380. The number of hydrogen-bond donors (Lipinski definition) is 0. The van der Waals surface area contributed by atoms with Crippen LogP contribution in [0.3, 0.4) is 0 Å². The van der Waals surface area contributed by atoms with E-state index in [1.54, 1.807) is 6.07 Å². The summed E-state index contributed by atoms with van der Waals surface area (Å²) >= 11 is 0. The second-order valence-electron chi connectivity index (χ2n) is 7.21. The van der Waals surface area contributed by atoms with Crippen molar-refractivity contribution in [3.8, 4) is 0 Å². The van der Waals surface area contributed by atoms with E-state index in [0.717, 1.165) is 31.2 Å². The van der Waals surface area contributed by atoms with Gasteiger partial charge in [-0.25, -0.2) is 9.59 Å². The van der Waals surface area contributed by atoms with Crippen LogP contribution in [0.1, 0.15) is 50.7 Å². The predicted molar refractivity (Wildman–Crippen MR) is 84.4 cm³/mol. The van der Waals surface area contributed by atoms with Crippen molar-refractivity contribution in [2.75, 3.05) is 7.11 Å². The van der Waals surface area contributed by atoms with E-state index >= 15 is 0 Å². The van der Waals surface area contributed by atoms with Crippen molar-refractivity contribution in [2.24, 2.45) is 11.3 Å². The maximum Gasteiger partial charge on any atom is 0.342 e. The molecule has 3 rings (SSSR count). The van der Waals surface area contributed by atoms with E-state index in [9.17, 15) is 14.4 Å². The zero-order valence-electron chi connectivity index (χ0n) is 13.8. The highest BCUT2D eigenvalue weighted by Crippen LogP contribution is 2.56. The molecule has 0 aromatic carbocycles. The van der Waals surface area contributed by atoms with Crippen molar-refractivity contribution in [3.63, 3.8) is 0 Å². The van der Waals surface area contributed by atoms with Crippen molar-refractivity contribution in [1.82, 2.24) is 0 Å². The maximum absolute atomic E-state index is 12.5. The first-order valence-corrected chi connectivity index (χ1v) is 8.09. The SMILES string of the molecule is COC(=O)[C@@]1(C)CCC[C@]2(C)c3c(ccc(=O)oc3=O)CC[C@@H]12. The van der Waals surface area contributed by atoms with Crippen LogP contribution < -0.4 is 11.3 Å². The minimum Gasteiger partial charge on any atom is -0.469 e. The van der Waals surface area contributed by atoms with Crippen LogP contribution in [-0.2, 0) is 21.4 Å². The fourth-order valence-electron chi connectivity index (χ4n) is 4.96. The Morgan fingerprint density at radius 2 is 2.00 bits per heavy atom. The van der Waals surface area contributed by atoms with Gasteiger partial charge in [0.15, 0.2) is 0 Å². The van der Waals surface area contributed by atoms with Crippen LogP contribution in [0.2, 0.25) is 0 Å². The highest BCUT2D eigenvalue weighted by molar-refractivity contribution is 5.77. The van der Waals surface area contributed by atoms with Gasteiger partial charge >= 0.3 is 17.2 Å². The van der Waals surface area contributed by atoms with Crippen LogP contribution in [0, 0.1) is 11.3 Å². The number of methoxy groups -OCH3 is 1. The van der Waals surface area contributed by atoms with Crippen molar-refractivity contribution in [1.29, 1.82) is 0 Å². The van der Waals surface area contributed by atoms with E-state index in [1.807, 2.05) is 13.8 Å². The van der Waals surface area contributed by atoms with Gasteiger partial charge in [0.2, 0.25) is 0 Å². The molecule has 0 amide bonds. The summed E-state index contributed by atoms with van der Waals surface area (Å²) in [6.07, 6.45) is 3.86. The molecule has 0 bridgehead atoms. The Labute approximate surface area is 134 Å². The number of aryl methyl sites for hydroxylation is 1. The van der Waals surface area contributed by atoms with Gasteiger partial charge in [0.1, 0.15) is 0 Å². The summed E-state index contributed by atoms with van der Waals surface area (Å²) in [5.74, 6) is -0.213. The third kappa shape index (κ3) is 2.25. The number of ether oxygens (including phenoxy) is 1. The largest absolute Gasteiger partial charge is 0.469 e. The first kappa shape index (κ1) is 16.0. The molecule has 1 aromatic heterocycles. The molecule has 2 aliphatic carbocycles. The summed E-state index contributed by atoms with van der Waals surface area (Å²) < 4.78 is 9.96. The zero-order valence-corrected chi connectivity index (χ0v) is 13.8. The topological polar surface area (TPSA) is 73.6 Å². The summed E-state index contributed by atoms with van der Waals surface area (Å²) in [5.41, 5.74) is -0.826. The number of carbonyl (C=O) groups is 1. The van der Waals surface area contributed by atoms with E-state index in [0.29, 0.717) is 12.0 Å². The van der Waals surface area contributed by atoms with Crippen LogP contribution in [-0.4, -0.2) is 13.1 Å². The van der Waals surface area contributed by atoms with Crippen LogP contribution in [0.25, 0.3) is 0 Å². The summed E-state index contributed by atoms with van der Waals surface area (Å²) in [6.45, 7) is 3.97. The predicted octanol–water partition coefficient (Wildman–Crippen LogP) is 2.18. The quantitative estimate of drug-likeness (QED) is 0.742. The monoisotopic (exact) mass is 318 g/mol. The lowest BCUT2D eigenvalue weighted by Crippen LogP contribution is -2.54. The highest BCUT2D eigenvalue weighted by atomic mass is 16.5. The molecule has 0 N–H and O–H groups in total. The Balaban J connectivity index is 2.23. The van der Waals surface area contributed by atoms with Gasteiger partial charge in [0.05, 0.1) is 12.5 Å². The molecule has 2 aliphatic rings. The normalized spacial score (nSPS) is 32.6. The summed E-state index contributed by atoms with van der Waals surface area (Å²) in [6, 6.07) is 3.01. The average Bonchev–Trinajstić information content (AvgIpc) is 2.65. The van der Waals surface area contributed by atoms with Gasteiger partial charge in [-0.1, -0.05) is 19.4 Å². The maximum atomic E-state index is 12.5. The van der Waals surface area contributed by atoms with Crippen molar-refractivity contribution >= 4 is 5.97 Å². The molecule has 0 spiro atoms.